The van der Waals surface area contributed by atoms with Gasteiger partial charge in [0.2, 0.25) is 5.88 Å². The Hall–Kier alpha value is -3.75. The van der Waals surface area contributed by atoms with Crippen LogP contribution in [0.25, 0.3) is 22.4 Å². The minimum atomic E-state index is 0.559. The number of hydrogen-bond acceptors (Lipinski definition) is 8. The van der Waals surface area contributed by atoms with Gasteiger partial charge in [-0.15, -0.1) is 0 Å². The molecule has 0 unspecified atom stereocenters. The van der Waals surface area contributed by atoms with Crippen molar-refractivity contribution in [3.63, 3.8) is 0 Å². The zero-order valence-electron chi connectivity index (χ0n) is 16.9. The largest absolute Gasteiger partial charge is 0.481 e. The molecule has 30 heavy (non-hydrogen) atoms. The number of aromatic amines is 1. The van der Waals surface area contributed by atoms with Gasteiger partial charge in [0.1, 0.15) is 22.9 Å². The highest BCUT2D eigenvalue weighted by molar-refractivity contribution is 5.92. The molecule has 1 fully saturated rings. The van der Waals surface area contributed by atoms with Crippen molar-refractivity contribution >= 4 is 28.4 Å². The van der Waals surface area contributed by atoms with Crippen LogP contribution >= 0.6 is 0 Å². The first kappa shape index (κ1) is 18.3. The molecule has 0 aliphatic carbocycles. The molecule has 0 spiro atoms. The summed E-state index contributed by atoms with van der Waals surface area (Å²) in [6.07, 6.45) is 7.66. The fraction of sp³-hybridized carbons (Fsp3) is 0.286. The summed E-state index contributed by atoms with van der Waals surface area (Å²) in [6, 6.07) is 5.85. The maximum absolute atomic E-state index is 5.15. The lowest BCUT2D eigenvalue weighted by Gasteiger charge is -2.20. The molecule has 152 valence electrons. The van der Waals surface area contributed by atoms with E-state index in [4.69, 9.17) is 14.7 Å². The van der Waals surface area contributed by atoms with Gasteiger partial charge in [-0.2, -0.15) is 0 Å². The van der Waals surface area contributed by atoms with Gasteiger partial charge >= 0.3 is 0 Å². The standard InChI is InChI=1S/C21H22N8O/c1-13-26-18(19-21(27-13)25-12-24-19)16-9-15(29-7-3-4-8-29)11-23-20(16)28-14-5-6-17(30-2)22-10-14/h5-6,9-12H,3-4,7-8H2,1-2H3,(H,23,28)(H,24,25,26,27). The monoisotopic (exact) mass is 402 g/mol. The minimum absolute atomic E-state index is 0.559. The quantitative estimate of drug-likeness (QED) is 0.523. The average molecular weight is 402 g/mol. The number of nitrogens with zero attached hydrogens (tertiary/aromatic N) is 6. The molecule has 1 aliphatic heterocycles. The summed E-state index contributed by atoms with van der Waals surface area (Å²) in [5.74, 6) is 1.91. The highest BCUT2D eigenvalue weighted by Crippen LogP contribution is 2.34. The second kappa shape index (κ2) is 7.58. The van der Waals surface area contributed by atoms with Crippen molar-refractivity contribution in [1.29, 1.82) is 0 Å². The lowest BCUT2D eigenvalue weighted by molar-refractivity contribution is 0.398. The van der Waals surface area contributed by atoms with E-state index < -0.39 is 0 Å². The molecule has 0 bridgehead atoms. The molecule has 0 amide bonds. The molecule has 9 nitrogen and oxygen atoms in total. The summed E-state index contributed by atoms with van der Waals surface area (Å²) >= 11 is 0. The van der Waals surface area contributed by atoms with Crippen molar-refractivity contribution in [2.45, 2.75) is 19.8 Å². The predicted molar refractivity (Wildman–Crippen MR) is 115 cm³/mol. The van der Waals surface area contributed by atoms with E-state index in [9.17, 15) is 0 Å². The normalized spacial score (nSPS) is 13.7. The van der Waals surface area contributed by atoms with Crippen LogP contribution in [0.3, 0.4) is 0 Å². The third-order valence-electron chi connectivity index (χ3n) is 5.21. The van der Waals surface area contributed by atoms with E-state index in [2.05, 4.69) is 36.2 Å². The van der Waals surface area contributed by atoms with Crippen molar-refractivity contribution in [3.8, 4) is 17.1 Å². The van der Waals surface area contributed by atoms with Gasteiger partial charge in [-0.1, -0.05) is 0 Å². The second-order valence-electron chi connectivity index (χ2n) is 7.22. The lowest BCUT2D eigenvalue weighted by Crippen LogP contribution is -2.18. The highest BCUT2D eigenvalue weighted by atomic mass is 16.5. The van der Waals surface area contributed by atoms with Gasteiger partial charge < -0.3 is 19.9 Å². The van der Waals surface area contributed by atoms with Crippen LogP contribution in [0.15, 0.2) is 36.9 Å². The molecule has 4 aromatic heterocycles. The Morgan fingerprint density at radius 3 is 2.70 bits per heavy atom. The van der Waals surface area contributed by atoms with E-state index >= 15 is 0 Å². The first-order chi connectivity index (χ1) is 14.7. The molecule has 0 aromatic carbocycles. The number of H-pyrrole nitrogens is 1. The van der Waals surface area contributed by atoms with Crippen molar-refractivity contribution in [2.75, 3.05) is 30.4 Å². The Balaban J connectivity index is 1.63. The van der Waals surface area contributed by atoms with Gasteiger partial charge in [0.05, 0.1) is 37.2 Å². The Kier molecular flexibility index (Phi) is 4.62. The fourth-order valence-electron chi connectivity index (χ4n) is 3.73. The van der Waals surface area contributed by atoms with Gasteiger partial charge in [-0.3, -0.25) is 0 Å². The Morgan fingerprint density at radius 2 is 1.93 bits per heavy atom. The SMILES string of the molecule is COc1ccc(Nc2ncc(N3CCCC3)cc2-c2nc(C)nc3nc[nH]c23)cn1. The number of hydrogen-bond donors (Lipinski definition) is 2. The summed E-state index contributed by atoms with van der Waals surface area (Å²) in [6.45, 7) is 3.95. The maximum Gasteiger partial charge on any atom is 0.213 e. The Morgan fingerprint density at radius 1 is 1.07 bits per heavy atom. The number of aryl methyl sites for hydroxylation is 1. The van der Waals surface area contributed by atoms with Gasteiger partial charge in [0.25, 0.3) is 0 Å². The van der Waals surface area contributed by atoms with Gasteiger partial charge in [0, 0.05) is 24.7 Å². The number of anilines is 3. The first-order valence-corrected chi connectivity index (χ1v) is 9.91. The highest BCUT2D eigenvalue weighted by Gasteiger charge is 2.19. The summed E-state index contributed by atoms with van der Waals surface area (Å²) in [5.41, 5.74) is 4.98. The van der Waals surface area contributed by atoms with Crippen molar-refractivity contribution in [2.24, 2.45) is 0 Å². The third-order valence-corrected chi connectivity index (χ3v) is 5.21. The maximum atomic E-state index is 5.15. The molecular formula is C21H22N8O. The molecule has 0 radical (unpaired) electrons. The predicted octanol–water partition coefficient (Wildman–Crippen LogP) is 3.47. The molecule has 9 heteroatoms. The molecule has 2 N–H and O–H groups in total. The molecule has 1 saturated heterocycles. The molecule has 5 heterocycles. The van der Waals surface area contributed by atoms with Crippen LogP contribution in [-0.4, -0.2) is 50.1 Å². The van der Waals surface area contributed by atoms with Crippen LogP contribution in [0.2, 0.25) is 0 Å². The van der Waals surface area contributed by atoms with E-state index in [0.717, 1.165) is 41.2 Å². The van der Waals surface area contributed by atoms with Gasteiger partial charge in [0.15, 0.2) is 5.65 Å². The number of methoxy groups -OCH3 is 1. The number of ether oxygens (including phenoxy) is 1. The topological polar surface area (TPSA) is 105 Å². The number of rotatable bonds is 5. The van der Waals surface area contributed by atoms with Gasteiger partial charge in [-0.25, -0.2) is 24.9 Å². The number of pyridine rings is 2. The number of fused-ring (bicyclic) bond motifs is 1. The van der Waals surface area contributed by atoms with Crippen LogP contribution in [-0.2, 0) is 0 Å². The second-order valence-corrected chi connectivity index (χ2v) is 7.22. The van der Waals surface area contributed by atoms with E-state index in [1.807, 2.05) is 25.3 Å². The molecule has 0 saturated carbocycles. The zero-order chi connectivity index (χ0) is 20.5. The van der Waals surface area contributed by atoms with E-state index in [1.54, 1.807) is 19.6 Å². The van der Waals surface area contributed by atoms with Gasteiger partial charge in [-0.05, 0) is 31.9 Å². The summed E-state index contributed by atoms with van der Waals surface area (Å²) < 4.78 is 5.15. The average Bonchev–Trinajstić information content (AvgIpc) is 3.46. The van der Waals surface area contributed by atoms with Crippen LogP contribution in [0.1, 0.15) is 18.7 Å². The molecule has 4 aromatic rings. The number of aromatic nitrogens is 6. The summed E-state index contributed by atoms with van der Waals surface area (Å²) in [4.78, 5) is 28.0. The minimum Gasteiger partial charge on any atom is -0.481 e. The van der Waals surface area contributed by atoms with Crippen LogP contribution < -0.4 is 15.0 Å². The van der Waals surface area contributed by atoms with Crippen LogP contribution in [0.5, 0.6) is 5.88 Å². The smallest absolute Gasteiger partial charge is 0.213 e. The Bertz CT molecular complexity index is 1180. The van der Waals surface area contributed by atoms with Crippen LogP contribution in [0.4, 0.5) is 17.2 Å². The molecule has 1 aliphatic rings. The van der Waals surface area contributed by atoms with Crippen molar-refractivity contribution in [1.82, 2.24) is 29.9 Å². The van der Waals surface area contributed by atoms with Crippen molar-refractivity contribution in [3.05, 3.63) is 42.7 Å². The number of nitrogens with one attached hydrogen (secondary N) is 2. The summed E-state index contributed by atoms with van der Waals surface area (Å²) in [7, 11) is 1.60. The van der Waals surface area contributed by atoms with Crippen LogP contribution in [0, 0.1) is 6.92 Å². The van der Waals surface area contributed by atoms with E-state index in [-0.39, 0.29) is 0 Å². The zero-order valence-corrected chi connectivity index (χ0v) is 16.9. The first-order valence-electron chi connectivity index (χ1n) is 9.91. The fourth-order valence-corrected chi connectivity index (χ4v) is 3.73. The third kappa shape index (κ3) is 3.38. The van der Waals surface area contributed by atoms with E-state index in [0.29, 0.717) is 23.2 Å². The lowest BCUT2D eigenvalue weighted by atomic mass is 10.1. The molecule has 0 atom stereocenters. The Labute approximate surface area is 173 Å². The molecule has 5 rings (SSSR count). The van der Waals surface area contributed by atoms with E-state index in [1.165, 1.54) is 12.8 Å². The number of imidazole rings is 1. The molecular weight excluding hydrogens is 380 g/mol. The van der Waals surface area contributed by atoms with Crippen molar-refractivity contribution < 1.29 is 4.74 Å². The summed E-state index contributed by atoms with van der Waals surface area (Å²) in [5, 5.41) is 3.37.